The molecule has 0 aromatic carbocycles. The summed E-state index contributed by atoms with van der Waals surface area (Å²) in [5.41, 5.74) is 4.49. The first-order chi connectivity index (χ1) is 12.1. The van der Waals surface area contributed by atoms with E-state index in [2.05, 4.69) is 44.2 Å². The summed E-state index contributed by atoms with van der Waals surface area (Å²) in [7, 11) is 3.82. The van der Waals surface area contributed by atoms with Crippen molar-refractivity contribution in [1.29, 1.82) is 0 Å². The van der Waals surface area contributed by atoms with Gasteiger partial charge < -0.3 is 14.7 Å². The van der Waals surface area contributed by atoms with E-state index in [-0.39, 0.29) is 0 Å². The van der Waals surface area contributed by atoms with Crippen molar-refractivity contribution in [2.75, 3.05) is 33.2 Å². The minimum Gasteiger partial charge on any atom is -0.364 e. The van der Waals surface area contributed by atoms with Gasteiger partial charge in [0.25, 0.3) is 0 Å². The fourth-order valence-electron chi connectivity index (χ4n) is 3.24. The zero-order valence-corrected chi connectivity index (χ0v) is 15.5. The summed E-state index contributed by atoms with van der Waals surface area (Å²) in [5.74, 6) is 0.948. The van der Waals surface area contributed by atoms with Crippen molar-refractivity contribution < 1.29 is 4.52 Å². The number of aliphatic imine (C=N–C) groups is 1. The van der Waals surface area contributed by atoms with Gasteiger partial charge in [0.1, 0.15) is 6.26 Å². The fraction of sp³-hybridized carbons (Fsp3) is 0.588. The molecule has 3 rings (SSSR count). The lowest BCUT2D eigenvalue weighted by Crippen LogP contribution is -2.52. The monoisotopic (exact) mass is 345 g/mol. The predicted octanol–water partition coefficient (Wildman–Crippen LogP) is 0.918. The van der Waals surface area contributed by atoms with Crippen molar-refractivity contribution in [2.24, 2.45) is 12.0 Å². The van der Waals surface area contributed by atoms with Crippen LogP contribution in [0.2, 0.25) is 0 Å². The van der Waals surface area contributed by atoms with Gasteiger partial charge in [-0.3, -0.25) is 14.6 Å². The highest BCUT2D eigenvalue weighted by atomic mass is 16.5. The molecule has 0 atom stereocenters. The molecular formula is C17H27N7O. The van der Waals surface area contributed by atoms with Gasteiger partial charge in [0.05, 0.1) is 11.4 Å². The van der Waals surface area contributed by atoms with Gasteiger partial charge in [-0.15, -0.1) is 0 Å². The Kier molecular flexibility index (Phi) is 5.37. The Morgan fingerprint density at radius 3 is 2.60 bits per heavy atom. The standard InChI is InChI=1S/C17H27N7O/c1-13-16(14(2)22(4)20-13)11-19-17(18-3)24-8-6-23(7-9-24)12-15-5-10-25-21-15/h5,10H,6-9,11-12H2,1-4H3,(H,18,19). The lowest BCUT2D eigenvalue weighted by atomic mass is 10.2. The second-order valence-corrected chi connectivity index (χ2v) is 6.43. The van der Waals surface area contributed by atoms with E-state index in [1.807, 2.05) is 24.8 Å². The molecule has 1 fully saturated rings. The van der Waals surface area contributed by atoms with Crippen molar-refractivity contribution in [2.45, 2.75) is 26.9 Å². The van der Waals surface area contributed by atoms with E-state index >= 15 is 0 Å². The van der Waals surface area contributed by atoms with Crippen LogP contribution >= 0.6 is 0 Å². The van der Waals surface area contributed by atoms with Gasteiger partial charge in [-0.2, -0.15) is 5.10 Å². The fourth-order valence-corrected chi connectivity index (χ4v) is 3.24. The quantitative estimate of drug-likeness (QED) is 0.656. The lowest BCUT2D eigenvalue weighted by molar-refractivity contribution is 0.169. The van der Waals surface area contributed by atoms with Crippen molar-refractivity contribution in [3.63, 3.8) is 0 Å². The Hall–Kier alpha value is -2.35. The van der Waals surface area contributed by atoms with Crippen LogP contribution in [0.5, 0.6) is 0 Å². The summed E-state index contributed by atoms with van der Waals surface area (Å²) in [6.07, 6.45) is 1.62. The molecule has 1 aliphatic heterocycles. The van der Waals surface area contributed by atoms with Crippen LogP contribution in [0, 0.1) is 13.8 Å². The van der Waals surface area contributed by atoms with Gasteiger partial charge in [0.15, 0.2) is 5.96 Å². The Balaban J connectivity index is 1.52. The van der Waals surface area contributed by atoms with Crippen molar-refractivity contribution >= 4 is 5.96 Å². The smallest absolute Gasteiger partial charge is 0.194 e. The third-order valence-corrected chi connectivity index (χ3v) is 4.84. The van der Waals surface area contributed by atoms with E-state index in [0.717, 1.165) is 56.6 Å². The van der Waals surface area contributed by atoms with Crippen molar-refractivity contribution in [1.82, 2.24) is 30.1 Å². The first-order valence-corrected chi connectivity index (χ1v) is 8.64. The molecule has 0 unspecified atom stereocenters. The normalized spacial score (nSPS) is 16.5. The molecular weight excluding hydrogens is 318 g/mol. The highest BCUT2D eigenvalue weighted by Crippen LogP contribution is 2.12. The van der Waals surface area contributed by atoms with E-state index in [4.69, 9.17) is 4.52 Å². The Morgan fingerprint density at radius 2 is 2.04 bits per heavy atom. The van der Waals surface area contributed by atoms with Gasteiger partial charge in [0.2, 0.25) is 0 Å². The number of hydrogen-bond donors (Lipinski definition) is 1. The van der Waals surface area contributed by atoms with Crippen LogP contribution < -0.4 is 5.32 Å². The molecule has 136 valence electrons. The first kappa shape index (κ1) is 17.5. The van der Waals surface area contributed by atoms with Gasteiger partial charge in [-0.25, -0.2) is 0 Å². The Bertz CT molecular complexity index is 712. The molecule has 0 amide bonds. The second-order valence-electron chi connectivity index (χ2n) is 6.43. The van der Waals surface area contributed by atoms with Crippen LogP contribution in [-0.2, 0) is 20.1 Å². The lowest BCUT2D eigenvalue weighted by Gasteiger charge is -2.36. The van der Waals surface area contributed by atoms with E-state index in [0.29, 0.717) is 0 Å². The molecule has 8 heteroatoms. The average Bonchev–Trinajstić information content (AvgIpc) is 3.20. The molecule has 8 nitrogen and oxygen atoms in total. The highest BCUT2D eigenvalue weighted by molar-refractivity contribution is 5.80. The molecule has 0 aliphatic carbocycles. The SMILES string of the molecule is CN=C(NCc1c(C)nn(C)c1C)N1CCN(Cc2ccon2)CC1. The highest BCUT2D eigenvalue weighted by Gasteiger charge is 2.20. The number of piperazine rings is 1. The zero-order chi connectivity index (χ0) is 17.8. The third-order valence-electron chi connectivity index (χ3n) is 4.84. The topological polar surface area (TPSA) is 74.7 Å². The van der Waals surface area contributed by atoms with Crippen molar-refractivity contribution in [3.8, 4) is 0 Å². The summed E-state index contributed by atoms with van der Waals surface area (Å²) >= 11 is 0. The summed E-state index contributed by atoms with van der Waals surface area (Å²) in [6, 6.07) is 1.92. The molecule has 25 heavy (non-hydrogen) atoms. The molecule has 1 saturated heterocycles. The van der Waals surface area contributed by atoms with Crippen LogP contribution in [0.1, 0.15) is 22.6 Å². The van der Waals surface area contributed by atoms with E-state index in [1.165, 1.54) is 11.3 Å². The summed E-state index contributed by atoms with van der Waals surface area (Å²) in [5, 5.41) is 12.0. The minimum atomic E-state index is 0.747. The zero-order valence-electron chi connectivity index (χ0n) is 15.5. The average molecular weight is 345 g/mol. The number of aryl methyl sites for hydroxylation is 2. The van der Waals surface area contributed by atoms with E-state index in [9.17, 15) is 0 Å². The molecule has 2 aromatic heterocycles. The maximum atomic E-state index is 4.90. The molecule has 1 N–H and O–H groups in total. The van der Waals surface area contributed by atoms with Crippen LogP contribution in [0.3, 0.4) is 0 Å². The molecule has 2 aromatic rings. The van der Waals surface area contributed by atoms with Gasteiger partial charge in [0, 0.05) is 70.7 Å². The van der Waals surface area contributed by atoms with Crippen molar-refractivity contribution in [3.05, 3.63) is 35.0 Å². The molecule has 3 heterocycles. The molecule has 0 bridgehead atoms. The summed E-state index contributed by atoms with van der Waals surface area (Å²) in [4.78, 5) is 9.14. The van der Waals surface area contributed by atoms with E-state index in [1.54, 1.807) is 6.26 Å². The number of hydrogen-bond acceptors (Lipinski definition) is 5. The van der Waals surface area contributed by atoms with Crippen LogP contribution in [0.15, 0.2) is 21.8 Å². The summed E-state index contributed by atoms with van der Waals surface area (Å²) in [6.45, 7) is 9.60. The second kappa shape index (κ2) is 7.69. The maximum Gasteiger partial charge on any atom is 0.194 e. The molecule has 0 saturated carbocycles. The third kappa shape index (κ3) is 4.01. The number of guanidine groups is 1. The maximum absolute atomic E-state index is 4.90. The van der Waals surface area contributed by atoms with Gasteiger partial charge in [-0.1, -0.05) is 5.16 Å². The first-order valence-electron chi connectivity index (χ1n) is 8.64. The number of rotatable bonds is 4. The Morgan fingerprint density at radius 1 is 1.28 bits per heavy atom. The summed E-state index contributed by atoms with van der Waals surface area (Å²) < 4.78 is 6.83. The molecule has 0 radical (unpaired) electrons. The van der Waals surface area contributed by atoms with E-state index < -0.39 is 0 Å². The largest absolute Gasteiger partial charge is 0.364 e. The van der Waals surface area contributed by atoms with Gasteiger partial charge in [-0.05, 0) is 13.8 Å². The molecule has 1 aliphatic rings. The van der Waals surface area contributed by atoms with Crippen LogP contribution in [0.25, 0.3) is 0 Å². The van der Waals surface area contributed by atoms with Gasteiger partial charge >= 0.3 is 0 Å². The number of nitrogens with one attached hydrogen (secondary N) is 1. The van der Waals surface area contributed by atoms with Crippen LogP contribution in [-0.4, -0.2) is 63.9 Å². The number of nitrogens with zero attached hydrogens (tertiary/aromatic N) is 6. The Labute approximate surface area is 148 Å². The number of aromatic nitrogens is 3. The molecule has 0 spiro atoms. The van der Waals surface area contributed by atoms with Crippen LogP contribution in [0.4, 0.5) is 0 Å². The predicted molar refractivity (Wildman–Crippen MR) is 96.2 cm³/mol. The minimum absolute atomic E-state index is 0.747.